The molecule has 0 aliphatic rings. The second kappa shape index (κ2) is 6.04. The lowest BCUT2D eigenvalue weighted by Gasteiger charge is -2.11. The molecule has 2 nitrogen and oxygen atoms in total. The maximum absolute atomic E-state index is 6.23. The maximum Gasteiger partial charge on any atom is 0.222 e. The highest BCUT2D eigenvalue weighted by atomic mass is 79.9. The molecular weight excluding hydrogens is 350 g/mol. The third-order valence-electron chi connectivity index (χ3n) is 3.28. The molecule has 0 aliphatic carbocycles. The Balaban J connectivity index is 2.04. The van der Waals surface area contributed by atoms with Crippen LogP contribution in [-0.2, 0) is 5.33 Å². The standard InChI is InChI=1S/C17H13BrClNO/c1-11-8-12(9-18)10-20-17(11)21-16-7-6-15(19)13-4-2-3-5-14(13)16/h2-8,10H,9H2,1H3. The molecule has 0 radical (unpaired) electrons. The summed E-state index contributed by atoms with van der Waals surface area (Å²) in [6, 6.07) is 13.7. The van der Waals surface area contributed by atoms with Gasteiger partial charge in [0.1, 0.15) is 5.75 Å². The molecule has 0 saturated heterocycles. The summed E-state index contributed by atoms with van der Waals surface area (Å²) in [6.45, 7) is 1.99. The van der Waals surface area contributed by atoms with Crippen molar-refractivity contribution in [3.05, 3.63) is 64.8 Å². The summed E-state index contributed by atoms with van der Waals surface area (Å²) in [5, 5.41) is 3.46. The largest absolute Gasteiger partial charge is 0.438 e. The molecule has 3 rings (SSSR count). The van der Waals surface area contributed by atoms with Crippen molar-refractivity contribution in [1.82, 2.24) is 4.98 Å². The summed E-state index contributed by atoms with van der Waals surface area (Å²) in [5.41, 5.74) is 2.13. The zero-order valence-corrected chi connectivity index (χ0v) is 13.8. The SMILES string of the molecule is Cc1cc(CBr)cnc1Oc1ccc(Cl)c2ccccc12. The number of aryl methyl sites for hydroxylation is 1. The molecule has 0 fully saturated rings. The molecule has 0 aliphatic heterocycles. The van der Waals surface area contributed by atoms with E-state index < -0.39 is 0 Å². The minimum absolute atomic E-state index is 0.618. The Kier molecular flexibility index (Phi) is 4.13. The predicted molar refractivity (Wildman–Crippen MR) is 90.6 cm³/mol. The van der Waals surface area contributed by atoms with E-state index in [2.05, 4.69) is 27.0 Å². The number of aromatic nitrogens is 1. The Bertz CT molecular complexity index is 804. The van der Waals surface area contributed by atoms with Gasteiger partial charge in [-0.15, -0.1) is 0 Å². The highest BCUT2D eigenvalue weighted by Gasteiger charge is 2.09. The van der Waals surface area contributed by atoms with E-state index >= 15 is 0 Å². The van der Waals surface area contributed by atoms with E-state index in [1.165, 1.54) is 0 Å². The summed E-state index contributed by atoms with van der Waals surface area (Å²) in [4.78, 5) is 4.39. The lowest BCUT2D eigenvalue weighted by Crippen LogP contribution is -1.94. The average molecular weight is 363 g/mol. The van der Waals surface area contributed by atoms with E-state index in [4.69, 9.17) is 16.3 Å². The minimum Gasteiger partial charge on any atom is -0.438 e. The monoisotopic (exact) mass is 361 g/mol. The molecule has 0 unspecified atom stereocenters. The lowest BCUT2D eigenvalue weighted by atomic mass is 10.1. The van der Waals surface area contributed by atoms with Crippen LogP contribution < -0.4 is 4.74 Å². The van der Waals surface area contributed by atoms with Gasteiger partial charge in [-0.1, -0.05) is 51.8 Å². The van der Waals surface area contributed by atoms with Gasteiger partial charge in [0.2, 0.25) is 5.88 Å². The van der Waals surface area contributed by atoms with Crippen LogP contribution in [0.3, 0.4) is 0 Å². The van der Waals surface area contributed by atoms with Crippen LogP contribution in [0.4, 0.5) is 0 Å². The van der Waals surface area contributed by atoms with Crippen LogP contribution in [0.25, 0.3) is 10.8 Å². The number of ether oxygens (including phenoxy) is 1. The fourth-order valence-electron chi connectivity index (χ4n) is 2.23. The van der Waals surface area contributed by atoms with Gasteiger partial charge in [0.25, 0.3) is 0 Å². The molecule has 4 heteroatoms. The second-order valence-electron chi connectivity index (χ2n) is 4.79. The third kappa shape index (κ3) is 2.89. The number of halogens is 2. The normalized spacial score (nSPS) is 10.8. The number of pyridine rings is 1. The Hall–Kier alpha value is -1.58. The van der Waals surface area contributed by atoms with Crippen molar-refractivity contribution in [3.63, 3.8) is 0 Å². The first kappa shape index (κ1) is 14.4. The molecule has 1 heterocycles. The van der Waals surface area contributed by atoms with Crippen molar-refractivity contribution >= 4 is 38.3 Å². The van der Waals surface area contributed by atoms with Gasteiger partial charge in [-0.25, -0.2) is 4.98 Å². The van der Waals surface area contributed by atoms with E-state index in [1.807, 2.05) is 49.5 Å². The molecular formula is C17H13BrClNO. The molecule has 3 aromatic rings. The van der Waals surface area contributed by atoms with E-state index in [9.17, 15) is 0 Å². The van der Waals surface area contributed by atoms with Crippen LogP contribution in [0.2, 0.25) is 5.02 Å². The summed E-state index contributed by atoms with van der Waals surface area (Å²) in [5.74, 6) is 1.38. The van der Waals surface area contributed by atoms with Gasteiger partial charge in [-0.2, -0.15) is 0 Å². The molecule has 106 valence electrons. The highest BCUT2D eigenvalue weighted by molar-refractivity contribution is 9.08. The number of nitrogens with zero attached hydrogens (tertiary/aromatic N) is 1. The first-order chi connectivity index (χ1) is 10.2. The molecule has 1 aromatic heterocycles. The zero-order valence-electron chi connectivity index (χ0n) is 11.4. The molecule has 0 bridgehead atoms. The molecule has 21 heavy (non-hydrogen) atoms. The number of alkyl halides is 1. The fraction of sp³-hybridized carbons (Fsp3) is 0.118. The number of hydrogen-bond acceptors (Lipinski definition) is 2. The fourth-order valence-corrected chi connectivity index (χ4v) is 2.76. The first-order valence-corrected chi connectivity index (χ1v) is 8.05. The number of benzene rings is 2. The Morgan fingerprint density at radius 3 is 2.62 bits per heavy atom. The molecule has 0 atom stereocenters. The van der Waals surface area contributed by atoms with Gasteiger partial charge in [0, 0.05) is 32.9 Å². The van der Waals surface area contributed by atoms with Crippen LogP contribution in [0.1, 0.15) is 11.1 Å². The summed E-state index contributed by atoms with van der Waals surface area (Å²) < 4.78 is 5.99. The van der Waals surface area contributed by atoms with E-state index in [-0.39, 0.29) is 0 Å². The van der Waals surface area contributed by atoms with E-state index in [0.29, 0.717) is 5.88 Å². The Labute approximate surface area is 136 Å². The minimum atomic E-state index is 0.618. The predicted octanol–water partition coefficient (Wildman–Crippen LogP) is 5.88. The molecule has 2 aromatic carbocycles. The summed E-state index contributed by atoms with van der Waals surface area (Å²) in [6.07, 6.45) is 1.81. The summed E-state index contributed by atoms with van der Waals surface area (Å²) in [7, 11) is 0. The quantitative estimate of drug-likeness (QED) is 0.542. The average Bonchev–Trinajstić information content (AvgIpc) is 2.52. The van der Waals surface area contributed by atoms with Crippen LogP contribution in [0, 0.1) is 6.92 Å². The van der Waals surface area contributed by atoms with Gasteiger partial charge < -0.3 is 4.74 Å². The van der Waals surface area contributed by atoms with Gasteiger partial charge in [-0.3, -0.25) is 0 Å². The summed E-state index contributed by atoms with van der Waals surface area (Å²) >= 11 is 9.65. The van der Waals surface area contributed by atoms with Gasteiger partial charge in [0.15, 0.2) is 0 Å². The third-order valence-corrected chi connectivity index (χ3v) is 4.26. The van der Waals surface area contributed by atoms with Crippen LogP contribution in [0.5, 0.6) is 11.6 Å². The topological polar surface area (TPSA) is 22.1 Å². The molecule has 0 spiro atoms. The number of hydrogen-bond donors (Lipinski definition) is 0. The number of rotatable bonds is 3. The lowest BCUT2D eigenvalue weighted by molar-refractivity contribution is 0.464. The van der Waals surface area contributed by atoms with Gasteiger partial charge >= 0.3 is 0 Å². The number of fused-ring (bicyclic) bond motifs is 1. The van der Waals surface area contributed by atoms with Gasteiger partial charge in [0.05, 0.1) is 0 Å². The van der Waals surface area contributed by atoms with E-state index in [0.717, 1.165) is 38.0 Å². The highest BCUT2D eigenvalue weighted by Crippen LogP contribution is 2.34. The van der Waals surface area contributed by atoms with Crippen molar-refractivity contribution in [2.24, 2.45) is 0 Å². The van der Waals surface area contributed by atoms with Gasteiger partial charge in [-0.05, 0) is 30.7 Å². The zero-order chi connectivity index (χ0) is 14.8. The van der Waals surface area contributed by atoms with E-state index in [1.54, 1.807) is 0 Å². The smallest absolute Gasteiger partial charge is 0.222 e. The molecule has 0 N–H and O–H groups in total. The van der Waals surface area contributed by atoms with Crippen LogP contribution in [0.15, 0.2) is 48.7 Å². The Morgan fingerprint density at radius 2 is 1.90 bits per heavy atom. The molecule has 0 amide bonds. The van der Waals surface area contributed by atoms with Crippen molar-refractivity contribution in [3.8, 4) is 11.6 Å². The van der Waals surface area contributed by atoms with Crippen molar-refractivity contribution in [1.29, 1.82) is 0 Å². The van der Waals surface area contributed by atoms with Crippen LogP contribution in [-0.4, -0.2) is 4.98 Å². The Morgan fingerprint density at radius 1 is 1.14 bits per heavy atom. The first-order valence-electron chi connectivity index (χ1n) is 6.55. The van der Waals surface area contributed by atoms with Crippen molar-refractivity contribution in [2.45, 2.75) is 12.3 Å². The molecule has 0 saturated carbocycles. The second-order valence-corrected chi connectivity index (χ2v) is 5.76. The van der Waals surface area contributed by atoms with Crippen LogP contribution >= 0.6 is 27.5 Å². The van der Waals surface area contributed by atoms with Crippen molar-refractivity contribution < 1.29 is 4.74 Å². The maximum atomic E-state index is 6.23. The van der Waals surface area contributed by atoms with Crippen molar-refractivity contribution in [2.75, 3.05) is 0 Å².